The van der Waals surface area contributed by atoms with Gasteiger partial charge in [-0.2, -0.15) is 0 Å². The average molecular weight is 285 g/mol. The predicted octanol–water partition coefficient (Wildman–Crippen LogP) is 3.86. The molecule has 3 rings (SSSR count). The van der Waals surface area contributed by atoms with Gasteiger partial charge < -0.3 is 9.15 Å². The molecule has 0 radical (unpaired) electrons. The van der Waals surface area contributed by atoms with Gasteiger partial charge in [-0.15, -0.1) is 11.3 Å². The lowest BCUT2D eigenvalue weighted by atomic mass is 10.2. The maximum Gasteiger partial charge on any atom is 0.348 e. The number of methoxy groups -OCH3 is 1. The smallest absolute Gasteiger partial charge is 0.348 e. The van der Waals surface area contributed by atoms with Crippen LogP contribution in [-0.4, -0.2) is 18.1 Å². The highest BCUT2D eigenvalue weighted by Gasteiger charge is 2.13. The Morgan fingerprint density at radius 2 is 2.00 bits per heavy atom. The van der Waals surface area contributed by atoms with Crippen LogP contribution in [0.15, 0.2) is 53.1 Å². The lowest BCUT2D eigenvalue weighted by molar-refractivity contribution is 0.0606. The molecule has 20 heavy (non-hydrogen) atoms. The molecule has 0 aliphatic rings. The van der Waals surface area contributed by atoms with Crippen molar-refractivity contribution in [3.8, 4) is 22.1 Å². The van der Waals surface area contributed by atoms with Gasteiger partial charge in [0, 0.05) is 5.56 Å². The molecule has 4 nitrogen and oxygen atoms in total. The number of carbonyl (C=O) groups is 1. The quantitative estimate of drug-likeness (QED) is 0.686. The predicted molar refractivity (Wildman–Crippen MR) is 76.6 cm³/mol. The molecular weight excluding hydrogens is 274 g/mol. The number of nitrogens with zero attached hydrogens (tertiary/aromatic N) is 1. The highest BCUT2D eigenvalue weighted by Crippen LogP contribution is 2.31. The SMILES string of the molecule is COC(=O)c1ccc(-c2cnc(-c3ccccc3)o2)s1. The fourth-order valence-electron chi connectivity index (χ4n) is 1.78. The highest BCUT2D eigenvalue weighted by molar-refractivity contribution is 7.17. The molecule has 1 aromatic carbocycles. The number of benzene rings is 1. The number of carbonyl (C=O) groups excluding carboxylic acids is 1. The Morgan fingerprint density at radius 3 is 2.75 bits per heavy atom. The van der Waals surface area contributed by atoms with E-state index in [1.165, 1.54) is 18.4 Å². The van der Waals surface area contributed by atoms with Crippen molar-refractivity contribution in [1.82, 2.24) is 4.98 Å². The van der Waals surface area contributed by atoms with E-state index < -0.39 is 0 Å². The highest BCUT2D eigenvalue weighted by atomic mass is 32.1. The maximum atomic E-state index is 11.4. The third-order valence-electron chi connectivity index (χ3n) is 2.76. The topological polar surface area (TPSA) is 52.3 Å². The summed E-state index contributed by atoms with van der Waals surface area (Å²) in [7, 11) is 1.36. The van der Waals surface area contributed by atoms with Crippen molar-refractivity contribution in [1.29, 1.82) is 0 Å². The maximum absolute atomic E-state index is 11.4. The molecule has 0 spiro atoms. The number of aromatic nitrogens is 1. The van der Waals surface area contributed by atoms with Crippen molar-refractivity contribution >= 4 is 17.3 Å². The van der Waals surface area contributed by atoms with Gasteiger partial charge >= 0.3 is 5.97 Å². The van der Waals surface area contributed by atoms with E-state index in [0.29, 0.717) is 16.5 Å². The summed E-state index contributed by atoms with van der Waals surface area (Å²) in [4.78, 5) is 17.1. The van der Waals surface area contributed by atoms with Crippen molar-refractivity contribution in [3.05, 3.63) is 53.5 Å². The standard InChI is InChI=1S/C15H11NO3S/c1-18-15(17)13-8-7-12(20-13)11-9-16-14(19-11)10-5-3-2-4-6-10/h2-9H,1H3. The second-order valence-electron chi connectivity index (χ2n) is 4.05. The van der Waals surface area contributed by atoms with Gasteiger partial charge in [-0.05, 0) is 24.3 Å². The second-order valence-corrected chi connectivity index (χ2v) is 5.13. The fourth-order valence-corrected chi connectivity index (χ4v) is 2.65. The first-order valence-corrected chi connectivity index (χ1v) is 6.79. The van der Waals surface area contributed by atoms with Crippen LogP contribution in [0, 0.1) is 0 Å². The molecule has 0 amide bonds. The van der Waals surface area contributed by atoms with Crippen LogP contribution in [0.5, 0.6) is 0 Å². The van der Waals surface area contributed by atoms with Gasteiger partial charge in [0.1, 0.15) is 4.88 Å². The minimum atomic E-state index is -0.343. The number of thiophene rings is 1. The first-order valence-electron chi connectivity index (χ1n) is 5.97. The largest absolute Gasteiger partial charge is 0.465 e. The van der Waals surface area contributed by atoms with Gasteiger partial charge in [-0.25, -0.2) is 9.78 Å². The number of oxazole rings is 1. The molecule has 3 aromatic rings. The molecule has 5 heteroatoms. The second kappa shape index (κ2) is 5.30. The minimum absolute atomic E-state index is 0.343. The lowest BCUT2D eigenvalue weighted by Gasteiger charge is -1.94. The fraction of sp³-hybridized carbons (Fsp3) is 0.0667. The van der Waals surface area contributed by atoms with Crippen LogP contribution < -0.4 is 0 Å². The normalized spacial score (nSPS) is 10.4. The van der Waals surface area contributed by atoms with Crippen molar-refractivity contribution in [2.45, 2.75) is 0 Å². The summed E-state index contributed by atoms with van der Waals surface area (Å²) >= 11 is 1.32. The van der Waals surface area contributed by atoms with E-state index in [1.54, 1.807) is 12.3 Å². The summed E-state index contributed by atoms with van der Waals surface area (Å²) in [5, 5.41) is 0. The molecule has 0 unspecified atom stereocenters. The summed E-state index contributed by atoms with van der Waals surface area (Å²) < 4.78 is 10.4. The zero-order valence-corrected chi connectivity index (χ0v) is 11.5. The van der Waals surface area contributed by atoms with E-state index in [2.05, 4.69) is 9.72 Å². The molecule has 0 fully saturated rings. The molecule has 0 atom stereocenters. The number of esters is 1. The summed E-state index contributed by atoms with van der Waals surface area (Å²) in [6.45, 7) is 0. The number of ether oxygens (including phenoxy) is 1. The first-order chi connectivity index (χ1) is 9.78. The Balaban J connectivity index is 1.91. The van der Waals surface area contributed by atoms with Crippen LogP contribution in [0.1, 0.15) is 9.67 Å². The molecule has 0 saturated carbocycles. The van der Waals surface area contributed by atoms with Crippen LogP contribution >= 0.6 is 11.3 Å². The minimum Gasteiger partial charge on any atom is -0.465 e. The van der Waals surface area contributed by atoms with Gasteiger partial charge in [0.15, 0.2) is 5.76 Å². The Hall–Kier alpha value is -2.40. The van der Waals surface area contributed by atoms with Crippen molar-refractivity contribution in [3.63, 3.8) is 0 Å². The third kappa shape index (κ3) is 2.35. The monoisotopic (exact) mass is 285 g/mol. The molecule has 100 valence electrons. The summed E-state index contributed by atoms with van der Waals surface area (Å²) in [6.07, 6.45) is 1.66. The van der Waals surface area contributed by atoms with E-state index >= 15 is 0 Å². The van der Waals surface area contributed by atoms with Crippen LogP contribution in [0.25, 0.3) is 22.1 Å². The van der Waals surface area contributed by atoms with Crippen molar-refractivity contribution < 1.29 is 13.9 Å². The van der Waals surface area contributed by atoms with Gasteiger partial charge in [0.25, 0.3) is 0 Å². The van der Waals surface area contributed by atoms with Crippen LogP contribution in [0.3, 0.4) is 0 Å². The molecule has 0 N–H and O–H groups in total. The van der Waals surface area contributed by atoms with Crippen LogP contribution in [-0.2, 0) is 4.74 Å². The molecule has 2 heterocycles. The molecule has 0 bridgehead atoms. The van der Waals surface area contributed by atoms with E-state index in [9.17, 15) is 4.79 Å². The number of hydrogen-bond donors (Lipinski definition) is 0. The Bertz CT molecular complexity index is 730. The zero-order chi connectivity index (χ0) is 13.9. The van der Waals surface area contributed by atoms with Crippen LogP contribution in [0.2, 0.25) is 0 Å². The average Bonchev–Trinajstić information content (AvgIpc) is 3.16. The van der Waals surface area contributed by atoms with Gasteiger partial charge in [-0.1, -0.05) is 18.2 Å². The van der Waals surface area contributed by atoms with Gasteiger partial charge in [-0.3, -0.25) is 0 Å². The Labute approximate surface area is 119 Å². The summed E-state index contributed by atoms with van der Waals surface area (Å²) in [6, 6.07) is 13.2. The lowest BCUT2D eigenvalue weighted by Crippen LogP contribution is -1.96. The third-order valence-corrected chi connectivity index (χ3v) is 3.84. The summed E-state index contributed by atoms with van der Waals surface area (Å²) in [5.74, 6) is 0.863. The van der Waals surface area contributed by atoms with Crippen LogP contribution in [0.4, 0.5) is 0 Å². The Kier molecular flexibility index (Phi) is 3.35. The molecular formula is C15H11NO3S. The summed E-state index contributed by atoms with van der Waals surface area (Å²) in [5.41, 5.74) is 0.920. The molecule has 0 saturated heterocycles. The van der Waals surface area contributed by atoms with E-state index in [-0.39, 0.29) is 5.97 Å². The van der Waals surface area contributed by atoms with Crippen molar-refractivity contribution in [2.75, 3.05) is 7.11 Å². The van der Waals surface area contributed by atoms with E-state index in [0.717, 1.165) is 10.4 Å². The molecule has 0 aliphatic carbocycles. The van der Waals surface area contributed by atoms with Gasteiger partial charge in [0.2, 0.25) is 5.89 Å². The van der Waals surface area contributed by atoms with E-state index in [1.807, 2.05) is 36.4 Å². The Morgan fingerprint density at radius 1 is 1.20 bits per heavy atom. The molecule has 0 aliphatic heterocycles. The first kappa shape index (κ1) is 12.6. The number of hydrogen-bond acceptors (Lipinski definition) is 5. The zero-order valence-electron chi connectivity index (χ0n) is 10.7. The number of rotatable bonds is 3. The van der Waals surface area contributed by atoms with E-state index in [4.69, 9.17) is 4.42 Å². The van der Waals surface area contributed by atoms with Gasteiger partial charge in [0.05, 0.1) is 18.2 Å². The van der Waals surface area contributed by atoms with Crippen molar-refractivity contribution in [2.24, 2.45) is 0 Å². The molecule has 2 aromatic heterocycles.